The van der Waals surface area contributed by atoms with Gasteiger partial charge in [0.1, 0.15) is 5.82 Å². The largest absolute Gasteiger partial charge is 0.338 e. The average molecular weight is 421 g/mol. The van der Waals surface area contributed by atoms with Crippen LogP contribution in [0.1, 0.15) is 10.4 Å². The fourth-order valence-corrected chi connectivity index (χ4v) is 2.71. The molecule has 0 bridgehead atoms. The Bertz CT molecular complexity index is 1220. The molecule has 3 N–H and O–H groups in total. The second-order valence-electron chi connectivity index (χ2n) is 6.54. The van der Waals surface area contributed by atoms with Crippen LogP contribution in [0.2, 0.25) is 0 Å². The highest BCUT2D eigenvalue weighted by atomic mass is 19.1. The molecule has 10 heteroatoms. The molecule has 1 amide bonds. The zero-order valence-corrected chi connectivity index (χ0v) is 16.3. The first-order valence-electron chi connectivity index (χ1n) is 9.19. The molecule has 0 atom stereocenters. The predicted octanol–water partition coefficient (Wildman–Crippen LogP) is 4.23. The summed E-state index contributed by atoms with van der Waals surface area (Å²) in [5.74, 6) is -0.945. The minimum Gasteiger partial charge on any atom is -0.338 e. The monoisotopic (exact) mass is 421 g/mol. The molecule has 2 aromatic carbocycles. The van der Waals surface area contributed by atoms with Crippen LogP contribution in [-0.4, -0.2) is 25.4 Å². The van der Waals surface area contributed by atoms with Gasteiger partial charge in [-0.3, -0.25) is 10.1 Å². The number of carbonyl (C=O) groups excluding carboxylic acids is 1. The van der Waals surface area contributed by atoms with E-state index in [1.807, 2.05) is 0 Å². The zero-order chi connectivity index (χ0) is 21.8. The fourth-order valence-electron chi connectivity index (χ4n) is 2.71. The summed E-state index contributed by atoms with van der Waals surface area (Å²) < 4.78 is 28.8. The van der Waals surface area contributed by atoms with Gasteiger partial charge < -0.3 is 15.2 Å². The van der Waals surface area contributed by atoms with Crippen LogP contribution in [0.4, 0.5) is 37.9 Å². The molecule has 31 heavy (non-hydrogen) atoms. The normalized spacial score (nSPS) is 10.5. The Hall–Kier alpha value is -4.34. The van der Waals surface area contributed by atoms with Gasteiger partial charge in [0.25, 0.3) is 5.91 Å². The van der Waals surface area contributed by atoms with Crippen LogP contribution in [0.5, 0.6) is 0 Å². The molecular weight excluding hydrogens is 404 g/mol. The van der Waals surface area contributed by atoms with E-state index in [1.54, 1.807) is 48.3 Å². The van der Waals surface area contributed by atoms with Gasteiger partial charge in [-0.05, 0) is 42.5 Å². The Morgan fingerprint density at radius 1 is 1.00 bits per heavy atom. The second kappa shape index (κ2) is 8.57. The van der Waals surface area contributed by atoms with Crippen LogP contribution in [0, 0.1) is 11.6 Å². The minimum atomic E-state index is -0.668. The number of hydrogen-bond acceptors (Lipinski definition) is 6. The molecule has 0 radical (unpaired) electrons. The molecule has 0 aliphatic heterocycles. The summed E-state index contributed by atoms with van der Waals surface area (Å²) in [5, 5.41) is 8.43. The number of hydrogen-bond donors (Lipinski definition) is 3. The summed E-state index contributed by atoms with van der Waals surface area (Å²) >= 11 is 0. The minimum absolute atomic E-state index is 0.0761. The number of carbonyl (C=O) groups is 1. The van der Waals surface area contributed by atoms with E-state index in [0.29, 0.717) is 22.9 Å². The maximum atomic E-state index is 14.1. The molecule has 0 spiro atoms. The van der Waals surface area contributed by atoms with Crippen LogP contribution < -0.4 is 16.0 Å². The van der Waals surface area contributed by atoms with E-state index >= 15 is 0 Å². The lowest BCUT2D eigenvalue weighted by molar-refractivity contribution is 0.102. The number of nitrogens with zero attached hydrogens (tertiary/aromatic N) is 4. The Balaban J connectivity index is 1.50. The molecule has 2 aromatic heterocycles. The molecule has 0 aliphatic carbocycles. The highest BCUT2D eigenvalue weighted by molar-refractivity contribution is 6.04. The lowest BCUT2D eigenvalue weighted by Crippen LogP contribution is -2.15. The van der Waals surface area contributed by atoms with Crippen molar-refractivity contribution in [2.75, 3.05) is 16.0 Å². The van der Waals surface area contributed by atoms with Gasteiger partial charge in [-0.1, -0.05) is 6.07 Å². The van der Waals surface area contributed by atoms with Gasteiger partial charge in [0.2, 0.25) is 11.9 Å². The zero-order valence-electron chi connectivity index (χ0n) is 16.3. The van der Waals surface area contributed by atoms with E-state index in [1.165, 1.54) is 24.3 Å². The van der Waals surface area contributed by atoms with Crippen LogP contribution in [0.3, 0.4) is 0 Å². The van der Waals surface area contributed by atoms with Crippen molar-refractivity contribution in [2.24, 2.45) is 7.05 Å². The summed E-state index contributed by atoms with van der Waals surface area (Å²) in [6.07, 6.45) is 4.31. The number of amides is 1. The molecule has 4 rings (SSSR count). The third-order valence-electron chi connectivity index (χ3n) is 4.28. The molecule has 8 nitrogen and oxygen atoms in total. The highest BCUT2D eigenvalue weighted by Gasteiger charge is 2.11. The SMILES string of the molecule is Cn1ccnc1NC(=O)c1cccc(Nc2ncc(F)c(Nc3ccc(F)cc3)n2)c1. The van der Waals surface area contributed by atoms with Gasteiger partial charge in [0.05, 0.1) is 6.20 Å². The number of rotatable bonds is 6. The number of aromatic nitrogens is 4. The fraction of sp³-hybridized carbons (Fsp3) is 0.0476. The Morgan fingerprint density at radius 3 is 2.55 bits per heavy atom. The summed E-state index contributed by atoms with van der Waals surface area (Å²) in [6.45, 7) is 0. The van der Waals surface area contributed by atoms with E-state index in [0.717, 1.165) is 6.20 Å². The first-order valence-corrected chi connectivity index (χ1v) is 9.19. The number of imidazole rings is 1. The Morgan fingerprint density at radius 2 is 1.81 bits per heavy atom. The van der Waals surface area contributed by atoms with Crippen molar-refractivity contribution in [3.8, 4) is 0 Å². The predicted molar refractivity (Wildman–Crippen MR) is 113 cm³/mol. The molecule has 0 fully saturated rings. The number of nitrogens with one attached hydrogen (secondary N) is 3. The van der Waals surface area contributed by atoms with Crippen molar-refractivity contribution in [1.29, 1.82) is 0 Å². The van der Waals surface area contributed by atoms with Crippen LogP contribution in [0.15, 0.2) is 67.1 Å². The van der Waals surface area contributed by atoms with Gasteiger partial charge in [0, 0.05) is 36.4 Å². The van der Waals surface area contributed by atoms with Gasteiger partial charge in [0.15, 0.2) is 11.6 Å². The van der Waals surface area contributed by atoms with Crippen molar-refractivity contribution in [3.63, 3.8) is 0 Å². The summed E-state index contributed by atoms with van der Waals surface area (Å²) in [4.78, 5) is 24.6. The molecule has 0 saturated heterocycles. The van der Waals surface area contributed by atoms with Crippen LogP contribution in [-0.2, 0) is 7.05 Å². The van der Waals surface area contributed by atoms with E-state index in [4.69, 9.17) is 0 Å². The molecule has 4 aromatic rings. The standard InChI is InChI=1S/C21H17F2N7O/c1-30-10-9-24-21(30)29-19(31)13-3-2-4-16(11-13)27-20-25-12-17(23)18(28-20)26-15-7-5-14(22)6-8-15/h2-12H,1H3,(H,24,29,31)(H2,25,26,27,28). The van der Waals surface area contributed by atoms with Gasteiger partial charge in [-0.15, -0.1) is 0 Å². The molecular formula is C21H17F2N7O. The van der Waals surface area contributed by atoms with E-state index < -0.39 is 11.6 Å². The Kier molecular flexibility index (Phi) is 5.52. The quantitative estimate of drug-likeness (QED) is 0.431. The topological polar surface area (TPSA) is 96.8 Å². The lowest BCUT2D eigenvalue weighted by Gasteiger charge is -2.10. The third-order valence-corrected chi connectivity index (χ3v) is 4.28. The first kappa shape index (κ1) is 20.0. The molecule has 156 valence electrons. The molecule has 2 heterocycles. The van der Waals surface area contributed by atoms with Crippen molar-refractivity contribution in [2.45, 2.75) is 0 Å². The van der Waals surface area contributed by atoms with E-state index in [2.05, 4.69) is 30.9 Å². The van der Waals surface area contributed by atoms with Crippen molar-refractivity contribution in [3.05, 3.63) is 84.3 Å². The molecule has 0 saturated carbocycles. The van der Waals surface area contributed by atoms with Crippen molar-refractivity contribution >= 4 is 35.0 Å². The highest BCUT2D eigenvalue weighted by Crippen LogP contribution is 2.21. The average Bonchev–Trinajstić information content (AvgIpc) is 3.16. The number of anilines is 5. The number of halogens is 2. The number of benzene rings is 2. The second-order valence-corrected chi connectivity index (χ2v) is 6.54. The smallest absolute Gasteiger partial charge is 0.258 e. The van der Waals surface area contributed by atoms with E-state index in [9.17, 15) is 13.6 Å². The van der Waals surface area contributed by atoms with Crippen molar-refractivity contribution in [1.82, 2.24) is 19.5 Å². The van der Waals surface area contributed by atoms with Gasteiger partial charge >= 0.3 is 0 Å². The van der Waals surface area contributed by atoms with Crippen molar-refractivity contribution < 1.29 is 13.6 Å². The lowest BCUT2D eigenvalue weighted by atomic mass is 10.2. The van der Waals surface area contributed by atoms with Crippen LogP contribution in [0.25, 0.3) is 0 Å². The number of aryl methyl sites for hydroxylation is 1. The Labute approximate surface area is 176 Å². The maximum absolute atomic E-state index is 14.1. The van der Waals surface area contributed by atoms with Gasteiger partial charge in [-0.25, -0.2) is 18.7 Å². The van der Waals surface area contributed by atoms with E-state index in [-0.39, 0.29) is 17.7 Å². The summed E-state index contributed by atoms with van der Waals surface area (Å²) in [7, 11) is 1.77. The summed E-state index contributed by atoms with van der Waals surface area (Å²) in [5.41, 5.74) is 1.39. The molecule has 0 unspecified atom stereocenters. The third kappa shape index (κ3) is 4.81. The van der Waals surface area contributed by atoms with Crippen LogP contribution >= 0.6 is 0 Å². The van der Waals surface area contributed by atoms with Gasteiger partial charge in [-0.2, -0.15) is 4.98 Å². The first-order chi connectivity index (χ1) is 15.0. The maximum Gasteiger partial charge on any atom is 0.258 e. The summed E-state index contributed by atoms with van der Waals surface area (Å²) in [6, 6.07) is 12.1. The molecule has 0 aliphatic rings.